The molecule has 96 valence electrons. The van der Waals surface area contributed by atoms with Crippen LogP contribution in [0.3, 0.4) is 0 Å². The van der Waals surface area contributed by atoms with Crippen LogP contribution in [0.25, 0.3) is 0 Å². The largest absolute Gasteiger partial charge is 0.463 e. The van der Waals surface area contributed by atoms with Gasteiger partial charge in [-0.1, -0.05) is 12.1 Å². The summed E-state index contributed by atoms with van der Waals surface area (Å²) in [5.41, 5.74) is 2.13. The van der Waals surface area contributed by atoms with Gasteiger partial charge >= 0.3 is 5.97 Å². The van der Waals surface area contributed by atoms with E-state index in [4.69, 9.17) is 4.74 Å². The van der Waals surface area contributed by atoms with Crippen molar-refractivity contribution in [1.82, 2.24) is 0 Å². The van der Waals surface area contributed by atoms with Crippen LogP contribution in [-0.2, 0) is 9.53 Å². The summed E-state index contributed by atoms with van der Waals surface area (Å²) in [7, 11) is 0. The number of anilines is 1. The monoisotopic (exact) mass is 309 g/mol. The summed E-state index contributed by atoms with van der Waals surface area (Å²) in [5, 5.41) is 0. The second-order valence-electron chi connectivity index (χ2n) is 4.09. The van der Waals surface area contributed by atoms with E-state index in [0.717, 1.165) is 35.2 Å². The smallest absolute Gasteiger partial charge is 0.332 e. The number of para-hydroxylation sites is 1. The highest BCUT2D eigenvalue weighted by atomic mass is 79.9. The lowest BCUT2D eigenvalue weighted by atomic mass is 10.2. The summed E-state index contributed by atoms with van der Waals surface area (Å²) in [6.45, 7) is 3.17. The second kappa shape index (κ2) is 6.05. The lowest BCUT2D eigenvalue weighted by Gasteiger charge is -2.21. The fourth-order valence-electron chi connectivity index (χ4n) is 2.11. The molecule has 4 heteroatoms. The zero-order chi connectivity index (χ0) is 13.0. The van der Waals surface area contributed by atoms with E-state index in [9.17, 15) is 4.79 Å². The fourth-order valence-corrected chi connectivity index (χ4v) is 2.61. The Labute approximate surface area is 116 Å². The van der Waals surface area contributed by atoms with Crippen molar-refractivity contribution in [2.75, 3.05) is 18.1 Å². The third-order valence-electron chi connectivity index (χ3n) is 2.88. The average molecular weight is 310 g/mol. The van der Waals surface area contributed by atoms with Crippen molar-refractivity contribution in [3.05, 3.63) is 40.5 Å². The van der Waals surface area contributed by atoms with Crippen LogP contribution < -0.4 is 4.90 Å². The van der Waals surface area contributed by atoms with Gasteiger partial charge in [0.25, 0.3) is 0 Å². The molecule has 1 heterocycles. The number of halogens is 1. The van der Waals surface area contributed by atoms with Gasteiger partial charge in [-0.2, -0.15) is 0 Å². The Morgan fingerprint density at radius 3 is 3.00 bits per heavy atom. The minimum Gasteiger partial charge on any atom is -0.463 e. The fraction of sp³-hybridized carbons (Fsp3) is 0.357. The third kappa shape index (κ3) is 2.93. The standard InChI is InChI=1S/C14H16BrNO2/c1-2-18-14(17)10-11-6-5-9-16(11)13-8-4-3-7-12(13)15/h3-4,7-8,10H,2,5-6,9H2,1H3/b11-10+. The molecule has 1 aliphatic heterocycles. The third-order valence-corrected chi connectivity index (χ3v) is 3.55. The van der Waals surface area contributed by atoms with Gasteiger partial charge in [0.15, 0.2) is 0 Å². The molecule has 1 fully saturated rings. The molecule has 18 heavy (non-hydrogen) atoms. The molecule has 0 N–H and O–H groups in total. The Bertz CT molecular complexity index is 471. The number of allylic oxidation sites excluding steroid dienone is 1. The predicted molar refractivity (Wildman–Crippen MR) is 75.4 cm³/mol. The molecule has 0 saturated carbocycles. The van der Waals surface area contributed by atoms with E-state index in [1.807, 2.05) is 31.2 Å². The molecule has 1 aliphatic rings. The van der Waals surface area contributed by atoms with Crippen LogP contribution >= 0.6 is 15.9 Å². The number of rotatable bonds is 3. The minimum atomic E-state index is -0.258. The molecule has 1 aromatic carbocycles. The van der Waals surface area contributed by atoms with Gasteiger partial charge in [-0.3, -0.25) is 0 Å². The molecule has 0 bridgehead atoms. The van der Waals surface area contributed by atoms with Crippen LogP contribution in [0.1, 0.15) is 19.8 Å². The highest BCUT2D eigenvalue weighted by Gasteiger charge is 2.21. The van der Waals surface area contributed by atoms with Crippen LogP contribution in [0.4, 0.5) is 5.69 Å². The van der Waals surface area contributed by atoms with Crippen molar-refractivity contribution in [1.29, 1.82) is 0 Å². The molecule has 0 radical (unpaired) electrons. The van der Waals surface area contributed by atoms with E-state index in [2.05, 4.69) is 20.8 Å². The maximum atomic E-state index is 11.5. The van der Waals surface area contributed by atoms with Gasteiger partial charge < -0.3 is 9.64 Å². The van der Waals surface area contributed by atoms with E-state index < -0.39 is 0 Å². The summed E-state index contributed by atoms with van der Waals surface area (Å²) < 4.78 is 6.01. The molecule has 0 atom stereocenters. The van der Waals surface area contributed by atoms with E-state index >= 15 is 0 Å². The summed E-state index contributed by atoms with van der Waals surface area (Å²) in [4.78, 5) is 13.7. The zero-order valence-corrected chi connectivity index (χ0v) is 11.9. The van der Waals surface area contributed by atoms with Gasteiger partial charge in [0.1, 0.15) is 0 Å². The number of hydrogen-bond donors (Lipinski definition) is 0. The first kappa shape index (κ1) is 13.1. The Balaban J connectivity index is 2.23. The SMILES string of the molecule is CCOC(=O)/C=C1\CCCN1c1ccccc1Br. The number of benzene rings is 1. The molecule has 0 aromatic heterocycles. The Morgan fingerprint density at radius 2 is 2.28 bits per heavy atom. The Morgan fingerprint density at radius 1 is 1.50 bits per heavy atom. The lowest BCUT2D eigenvalue weighted by molar-refractivity contribution is -0.137. The zero-order valence-electron chi connectivity index (χ0n) is 10.4. The van der Waals surface area contributed by atoms with Gasteiger partial charge in [-0.15, -0.1) is 0 Å². The van der Waals surface area contributed by atoms with Crippen molar-refractivity contribution < 1.29 is 9.53 Å². The summed E-state index contributed by atoms with van der Waals surface area (Å²) in [6, 6.07) is 8.04. The molecule has 2 rings (SSSR count). The van der Waals surface area contributed by atoms with Crippen molar-refractivity contribution in [2.45, 2.75) is 19.8 Å². The Kier molecular flexibility index (Phi) is 4.42. The van der Waals surface area contributed by atoms with Crippen LogP contribution in [0.2, 0.25) is 0 Å². The summed E-state index contributed by atoms with van der Waals surface area (Å²) >= 11 is 3.55. The van der Waals surface area contributed by atoms with Gasteiger partial charge in [0.05, 0.1) is 12.3 Å². The molecular weight excluding hydrogens is 294 g/mol. The maximum absolute atomic E-state index is 11.5. The van der Waals surface area contributed by atoms with Gasteiger partial charge in [-0.05, 0) is 47.8 Å². The van der Waals surface area contributed by atoms with Crippen molar-refractivity contribution in [2.24, 2.45) is 0 Å². The average Bonchev–Trinajstić information content (AvgIpc) is 2.78. The van der Waals surface area contributed by atoms with E-state index in [1.165, 1.54) is 0 Å². The van der Waals surface area contributed by atoms with Gasteiger partial charge in [-0.25, -0.2) is 4.79 Å². The van der Waals surface area contributed by atoms with E-state index in [0.29, 0.717) is 6.61 Å². The van der Waals surface area contributed by atoms with Crippen molar-refractivity contribution in [3.63, 3.8) is 0 Å². The predicted octanol–water partition coefficient (Wildman–Crippen LogP) is 3.50. The Hall–Kier alpha value is -1.29. The number of hydrogen-bond acceptors (Lipinski definition) is 3. The van der Waals surface area contributed by atoms with Gasteiger partial charge in [0, 0.05) is 22.8 Å². The molecular formula is C14H16BrNO2. The van der Waals surface area contributed by atoms with Crippen LogP contribution in [0.15, 0.2) is 40.5 Å². The number of ether oxygens (including phenoxy) is 1. The van der Waals surface area contributed by atoms with E-state index in [1.54, 1.807) is 6.08 Å². The number of carbonyl (C=O) groups excluding carboxylic acids is 1. The van der Waals surface area contributed by atoms with Gasteiger partial charge in [0.2, 0.25) is 0 Å². The number of nitrogens with zero attached hydrogens (tertiary/aromatic N) is 1. The van der Waals surface area contributed by atoms with Crippen molar-refractivity contribution in [3.8, 4) is 0 Å². The molecule has 1 saturated heterocycles. The molecule has 3 nitrogen and oxygen atoms in total. The number of carbonyl (C=O) groups is 1. The first-order valence-corrected chi connectivity index (χ1v) is 6.91. The quantitative estimate of drug-likeness (QED) is 0.632. The number of esters is 1. The molecule has 1 aromatic rings. The molecule has 0 aliphatic carbocycles. The summed E-state index contributed by atoms with van der Waals surface area (Å²) in [6.07, 6.45) is 3.59. The molecule has 0 amide bonds. The van der Waals surface area contributed by atoms with Crippen LogP contribution in [-0.4, -0.2) is 19.1 Å². The molecule has 0 unspecified atom stereocenters. The maximum Gasteiger partial charge on any atom is 0.332 e. The van der Waals surface area contributed by atoms with Crippen LogP contribution in [0, 0.1) is 0 Å². The first-order valence-electron chi connectivity index (χ1n) is 6.11. The lowest BCUT2D eigenvalue weighted by Crippen LogP contribution is -2.18. The summed E-state index contributed by atoms with van der Waals surface area (Å²) in [5.74, 6) is -0.258. The molecule has 0 spiro atoms. The highest BCUT2D eigenvalue weighted by molar-refractivity contribution is 9.10. The minimum absolute atomic E-state index is 0.258. The van der Waals surface area contributed by atoms with Crippen LogP contribution in [0.5, 0.6) is 0 Å². The van der Waals surface area contributed by atoms with Crippen molar-refractivity contribution >= 4 is 27.6 Å². The van der Waals surface area contributed by atoms with E-state index in [-0.39, 0.29) is 5.97 Å². The highest BCUT2D eigenvalue weighted by Crippen LogP contribution is 2.33. The second-order valence-corrected chi connectivity index (χ2v) is 4.95. The topological polar surface area (TPSA) is 29.5 Å². The first-order chi connectivity index (χ1) is 8.72. The normalized spacial score (nSPS) is 17.2.